The van der Waals surface area contributed by atoms with E-state index < -0.39 is 0 Å². The first-order chi connectivity index (χ1) is 9.50. The van der Waals surface area contributed by atoms with Crippen molar-refractivity contribution < 1.29 is 14.1 Å². The van der Waals surface area contributed by atoms with Gasteiger partial charge in [-0.2, -0.15) is 0 Å². The first kappa shape index (κ1) is 14.8. The number of morpholine rings is 1. The summed E-state index contributed by atoms with van der Waals surface area (Å²) in [5.74, 6) is 1.01. The fraction of sp³-hybridized carbons (Fsp3) is 0.714. The van der Waals surface area contributed by atoms with E-state index >= 15 is 0 Å². The number of aryl methyl sites for hydroxylation is 2. The second kappa shape index (κ2) is 6.26. The van der Waals surface area contributed by atoms with Gasteiger partial charge in [0, 0.05) is 24.6 Å². The molecular weight excluding hydrogens is 258 g/mol. The van der Waals surface area contributed by atoms with E-state index in [0.717, 1.165) is 17.0 Å². The lowest BCUT2D eigenvalue weighted by molar-refractivity contribution is 0.0190. The Balaban J connectivity index is 1.90. The van der Waals surface area contributed by atoms with Crippen LogP contribution in [0.3, 0.4) is 0 Å². The van der Waals surface area contributed by atoms with Crippen LogP contribution in [0.4, 0.5) is 4.79 Å². The standard InChI is InChI=1S/C14H23N3O3/c1-9(13-11(3)16-20-12(13)4)7-15-14(18)17-5-6-19-8-10(17)2/h9-10H,5-8H2,1-4H3,(H,15,18). The van der Waals surface area contributed by atoms with Gasteiger partial charge in [-0.1, -0.05) is 12.1 Å². The zero-order valence-corrected chi connectivity index (χ0v) is 12.6. The predicted octanol–water partition coefficient (Wildman–Crippen LogP) is 1.83. The third kappa shape index (κ3) is 3.12. The summed E-state index contributed by atoms with van der Waals surface area (Å²) < 4.78 is 10.5. The van der Waals surface area contributed by atoms with Crippen LogP contribution < -0.4 is 5.32 Å². The molecule has 0 radical (unpaired) electrons. The van der Waals surface area contributed by atoms with Crippen molar-refractivity contribution >= 4 is 6.03 Å². The number of urea groups is 1. The van der Waals surface area contributed by atoms with Gasteiger partial charge in [-0.15, -0.1) is 0 Å². The average Bonchev–Trinajstić information content (AvgIpc) is 2.76. The molecule has 112 valence electrons. The molecule has 2 rings (SSSR count). The Labute approximate surface area is 119 Å². The molecule has 0 aromatic carbocycles. The van der Waals surface area contributed by atoms with E-state index in [4.69, 9.17) is 9.26 Å². The van der Waals surface area contributed by atoms with Crippen molar-refractivity contribution in [1.29, 1.82) is 0 Å². The zero-order chi connectivity index (χ0) is 14.7. The van der Waals surface area contributed by atoms with Crippen LogP contribution in [0.25, 0.3) is 0 Å². The van der Waals surface area contributed by atoms with Crippen molar-refractivity contribution in [2.24, 2.45) is 0 Å². The van der Waals surface area contributed by atoms with Crippen LogP contribution in [0.2, 0.25) is 0 Å². The van der Waals surface area contributed by atoms with Gasteiger partial charge in [0.2, 0.25) is 0 Å². The molecular formula is C14H23N3O3. The van der Waals surface area contributed by atoms with Crippen molar-refractivity contribution in [3.63, 3.8) is 0 Å². The maximum atomic E-state index is 12.2. The van der Waals surface area contributed by atoms with Gasteiger partial charge in [0.1, 0.15) is 5.76 Å². The van der Waals surface area contributed by atoms with Gasteiger partial charge in [0.15, 0.2) is 0 Å². The third-order valence-corrected chi connectivity index (χ3v) is 3.77. The molecule has 1 aliphatic rings. The third-order valence-electron chi connectivity index (χ3n) is 3.77. The molecule has 6 heteroatoms. The molecule has 20 heavy (non-hydrogen) atoms. The number of aromatic nitrogens is 1. The Morgan fingerprint density at radius 3 is 2.90 bits per heavy atom. The van der Waals surface area contributed by atoms with Crippen LogP contribution >= 0.6 is 0 Å². The Morgan fingerprint density at radius 1 is 1.55 bits per heavy atom. The number of carbonyl (C=O) groups is 1. The highest BCUT2D eigenvalue weighted by Crippen LogP contribution is 2.22. The van der Waals surface area contributed by atoms with E-state index in [1.165, 1.54) is 0 Å². The van der Waals surface area contributed by atoms with Crippen molar-refractivity contribution in [3.05, 3.63) is 17.0 Å². The van der Waals surface area contributed by atoms with Gasteiger partial charge in [0.25, 0.3) is 0 Å². The second-order valence-corrected chi connectivity index (χ2v) is 5.44. The van der Waals surface area contributed by atoms with Gasteiger partial charge < -0.3 is 19.5 Å². The Bertz CT molecular complexity index is 453. The first-order valence-electron chi connectivity index (χ1n) is 7.05. The molecule has 2 amide bonds. The maximum absolute atomic E-state index is 12.2. The van der Waals surface area contributed by atoms with E-state index in [2.05, 4.69) is 17.4 Å². The number of nitrogens with one attached hydrogen (secondary N) is 1. The van der Waals surface area contributed by atoms with Crippen molar-refractivity contribution in [2.45, 2.75) is 39.7 Å². The van der Waals surface area contributed by atoms with E-state index in [0.29, 0.717) is 26.3 Å². The summed E-state index contributed by atoms with van der Waals surface area (Å²) in [5.41, 5.74) is 1.98. The summed E-state index contributed by atoms with van der Waals surface area (Å²) in [6, 6.07) is 0.0949. The van der Waals surface area contributed by atoms with Crippen LogP contribution in [0.5, 0.6) is 0 Å². The average molecular weight is 281 g/mol. The molecule has 0 aliphatic carbocycles. The van der Waals surface area contributed by atoms with Gasteiger partial charge in [-0.05, 0) is 20.8 Å². The molecule has 1 N–H and O–H groups in total. The summed E-state index contributed by atoms with van der Waals surface area (Å²) in [4.78, 5) is 14.0. The highest BCUT2D eigenvalue weighted by atomic mass is 16.5. The van der Waals surface area contributed by atoms with Crippen LogP contribution in [-0.4, -0.2) is 48.4 Å². The second-order valence-electron chi connectivity index (χ2n) is 5.44. The number of ether oxygens (including phenoxy) is 1. The minimum Gasteiger partial charge on any atom is -0.377 e. The number of rotatable bonds is 3. The number of hydrogen-bond donors (Lipinski definition) is 1. The fourth-order valence-electron chi connectivity index (χ4n) is 2.67. The smallest absolute Gasteiger partial charge is 0.317 e. The molecule has 1 saturated heterocycles. The molecule has 6 nitrogen and oxygen atoms in total. The van der Waals surface area contributed by atoms with Gasteiger partial charge in [0.05, 0.1) is 24.9 Å². The highest BCUT2D eigenvalue weighted by Gasteiger charge is 2.24. The predicted molar refractivity (Wildman–Crippen MR) is 74.8 cm³/mol. The van der Waals surface area contributed by atoms with Crippen molar-refractivity contribution in [2.75, 3.05) is 26.3 Å². The van der Waals surface area contributed by atoms with Gasteiger partial charge in [-0.25, -0.2) is 4.79 Å². The number of nitrogens with zero attached hydrogens (tertiary/aromatic N) is 2. The number of hydrogen-bond acceptors (Lipinski definition) is 4. The Morgan fingerprint density at radius 2 is 2.30 bits per heavy atom. The van der Waals surface area contributed by atoms with Crippen LogP contribution in [-0.2, 0) is 4.74 Å². The van der Waals surface area contributed by atoms with E-state index in [-0.39, 0.29) is 18.0 Å². The normalized spacial score (nSPS) is 20.8. The highest BCUT2D eigenvalue weighted by molar-refractivity contribution is 5.74. The Kier molecular flexibility index (Phi) is 4.65. The fourth-order valence-corrected chi connectivity index (χ4v) is 2.67. The minimum absolute atomic E-state index is 0.0283. The van der Waals surface area contributed by atoms with E-state index in [1.807, 2.05) is 25.7 Å². The molecule has 1 aliphatic heterocycles. The molecule has 2 atom stereocenters. The summed E-state index contributed by atoms with van der Waals surface area (Å²) in [7, 11) is 0. The lowest BCUT2D eigenvalue weighted by Crippen LogP contribution is -2.51. The number of carbonyl (C=O) groups excluding carboxylic acids is 1. The van der Waals surface area contributed by atoms with E-state index in [1.54, 1.807) is 0 Å². The molecule has 0 bridgehead atoms. The van der Waals surface area contributed by atoms with Gasteiger partial charge >= 0.3 is 6.03 Å². The van der Waals surface area contributed by atoms with Gasteiger partial charge in [-0.3, -0.25) is 0 Å². The summed E-state index contributed by atoms with van der Waals surface area (Å²) in [6.45, 7) is 10.3. The molecule has 1 fully saturated rings. The lowest BCUT2D eigenvalue weighted by Gasteiger charge is -2.33. The lowest BCUT2D eigenvalue weighted by atomic mass is 10.00. The van der Waals surface area contributed by atoms with Crippen LogP contribution in [0.1, 0.15) is 36.8 Å². The van der Waals surface area contributed by atoms with Crippen LogP contribution in [0, 0.1) is 13.8 Å². The summed E-state index contributed by atoms with van der Waals surface area (Å²) in [6.07, 6.45) is 0. The van der Waals surface area contributed by atoms with Crippen molar-refractivity contribution in [3.8, 4) is 0 Å². The summed E-state index contributed by atoms with van der Waals surface area (Å²) >= 11 is 0. The molecule has 2 unspecified atom stereocenters. The minimum atomic E-state index is -0.0283. The Hall–Kier alpha value is -1.56. The summed E-state index contributed by atoms with van der Waals surface area (Å²) in [5, 5.41) is 6.94. The molecule has 0 saturated carbocycles. The maximum Gasteiger partial charge on any atom is 0.317 e. The SMILES string of the molecule is Cc1noc(C)c1C(C)CNC(=O)N1CCOCC1C. The molecule has 1 aromatic heterocycles. The quantitative estimate of drug-likeness (QED) is 0.917. The molecule has 2 heterocycles. The monoisotopic (exact) mass is 281 g/mol. The largest absolute Gasteiger partial charge is 0.377 e. The topological polar surface area (TPSA) is 67.6 Å². The molecule has 1 aromatic rings. The first-order valence-corrected chi connectivity index (χ1v) is 7.05. The van der Waals surface area contributed by atoms with Crippen molar-refractivity contribution in [1.82, 2.24) is 15.4 Å². The number of amides is 2. The van der Waals surface area contributed by atoms with E-state index in [9.17, 15) is 4.79 Å². The molecule has 0 spiro atoms. The van der Waals surface area contributed by atoms with Crippen LogP contribution in [0.15, 0.2) is 4.52 Å². The zero-order valence-electron chi connectivity index (χ0n) is 12.6.